The van der Waals surface area contributed by atoms with Crippen molar-refractivity contribution in [3.8, 4) is 6.07 Å². The fraction of sp³-hybridized carbons (Fsp3) is 0.611. The lowest BCUT2D eigenvalue weighted by Gasteiger charge is -2.38. The number of aliphatic hydroxyl groups is 1. The monoisotopic (exact) mass is 269 g/mol. The first-order valence-electron chi connectivity index (χ1n) is 7.78. The van der Waals surface area contributed by atoms with Crippen LogP contribution < -0.4 is 0 Å². The molecule has 2 aliphatic rings. The fourth-order valence-corrected chi connectivity index (χ4v) is 4.31. The standard InChI is InChI=1S/C18H23NO/c1-3-14-6-8-17(11-14,12-19)18(20)9-7-15-5-4-13(2)10-16(15)18/h4-5,10,14,20H,3,6-9,11H2,1-2H3. The van der Waals surface area contributed by atoms with Gasteiger partial charge in [-0.1, -0.05) is 37.1 Å². The van der Waals surface area contributed by atoms with E-state index in [0.717, 1.165) is 37.7 Å². The molecule has 0 amide bonds. The maximum Gasteiger partial charge on any atom is 0.109 e. The molecule has 20 heavy (non-hydrogen) atoms. The molecule has 0 bridgehead atoms. The average Bonchev–Trinajstić information content (AvgIpc) is 3.03. The summed E-state index contributed by atoms with van der Waals surface area (Å²) in [6, 6.07) is 8.86. The predicted octanol–water partition coefficient (Wildman–Crippen LogP) is 3.85. The molecule has 3 unspecified atom stereocenters. The number of nitriles is 1. The lowest BCUT2D eigenvalue weighted by Crippen LogP contribution is -2.42. The normalized spacial score (nSPS) is 35.8. The fourth-order valence-electron chi connectivity index (χ4n) is 4.31. The Kier molecular flexibility index (Phi) is 3.14. The quantitative estimate of drug-likeness (QED) is 0.886. The molecule has 0 saturated heterocycles. The molecule has 0 aromatic heterocycles. The largest absolute Gasteiger partial charge is 0.383 e. The molecule has 2 nitrogen and oxygen atoms in total. The molecule has 0 spiro atoms. The van der Waals surface area contributed by atoms with Gasteiger partial charge < -0.3 is 5.11 Å². The van der Waals surface area contributed by atoms with Crippen molar-refractivity contribution in [3.05, 3.63) is 34.9 Å². The zero-order chi connectivity index (χ0) is 14.4. The van der Waals surface area contributed by atoms with E-state index in [-0.39, 0.29) is 0 Å². The van der Waals surface area contributed by atoms with Crippen LogP contribution in [-0.4, -0.2) is 5.11 Å². The highest BCUT2D eigenvalue weighted by atomic mass is 16.3. The highest BCUT2D eigenvalue weighted by Gasteiger charge is 2.57. The number of hydrogen-bond acceptors (Lipinski definition) is 2. The van der Waals surface area contributed by atoms with Crippen LogP contribution in [0.2, 0.25) is 0 Å². The van der Waals surface area contributed by atoms with Crippen LogP contribution in [0, 0.1) is 29.6 Å². The van der Waals surface area contributed by atoms with Crippen LogP contribution in [0.3, 0.4) is 0 Å². The summed E-state index contributed by atoms with van der Waals surface area (Å²) in [6.07, 6.45) is 5.48. The summed E-state index contributed by atoms with van der Waals surface area (Å²) in [4.78, 5) is 0. The van der Waals surface area contributed by atoms with Crippen molar-refractivity contribution in [1.29, 1.82) is 5.26 Å². The van der Waals surface area contributed by atoms with Gasteiger partial charge in [0, 0.05) is 0 Å². The first kappa shape index (κ1) is 13.6. The molecule has 1 aromatic carbocycles. The third-order valence-electron chi connectivity index (χ3n) is 5.67. The Morgan fingerprint density at radius 2 is 2.20 bits per heavy atom. The summed E-state index contributed by atoms with van der Waals surface area (Å²) < 4.78 is 0. The van der Waals surface area contributed by atoms with Gasteiger partial charge in [-0.05, 0) is 56.1 Å². The second kappa shape index (κ2) is 4.60. The first-order valence-corrected chi connectivity index (χ1v) is 7.78. The Morgan fingerprint density at radius 3 is 2.85 bits per heavy atom. The predicted molar refractivity (Wildman–Crippen MR) is 79.1 cm³/mol. The molecule has 2 aliphatic carbocycles. The number of hydrogen-bond donors (Lipinski definition) is 1. The molecular weight excluding hydrogens is 246 g/mol. The Morgan fingerprint density at radius 1 is 1.40 bits per heavy atom. The van der Waals surface area contributed by atoms with Gasteiger partial charge in [-0.2, -0.15) is 5.26 Å². The van der Waals surface area contributed by atoms with Crippen LogP contribution >= 0.6 is 0 Å². The highest BCUT2D eigenvalue weighted by Crippen LogP contribution is 2.58. The van der Waals surface area contributed by atoms with Crippen molar-refractivity contribution in [3.63, 3.8) is 0 Å². The van der Waals surface area contributed by atoms with Crippen LogP contribution in [0.1, 0.15) is 55.7 Å². The molecule has 1 saturated carbocycles. The van der Waals surface area contributed by atoms with Crippen LogP contribution in [0.15, 0.2) is 18.2 Å². The van der Waals surface area contributed by atoms with Crippen LogP contribution in [0.4, 0.5) is 0 Å². The Balaban J connectivity index is 2.06. The minimum atomic E-state index is -0.937. The van der Waals surface area contributed by atoms with Gasteiger partial charge in [-0.3, -0.25) is 0 Å². The smallest absolute Gasteiger partial charge is 0.109 e. The molecule has 3 atom stereocenters. The van der Waals surface area contributed by atoms with Gasteiger partial charge in [-0.25, -0.2) is 0 Å². The summed E-state index contributed by atoms with van der Waals surface area (Å²) >= 11 is 0. The van der Waals surface area contributed by atoms with E-state index in [9.17, 15) is 10.4 Å². The molecule has 1 fully saturated rings. The van der Waals surface area contributed by atoms with E-state index in [1.165, 1.54) is 11.1 Å². The van der Waals surface area contributed by atoms with Gasteiger partial charge >= 0.3 is 0 Å². The number of nitrogens with zero attached hydrogens (tertiary/aromatic N) is 1. The summed E-state index contributed by atoms with van der Waals surface area (Å²) in [5, 5.41) is 21.2. The maximum absolute atomic E-state index is 11.4. The van der Waals surface area contributed by atoms with Crippen molar-refractivity contribution in [2.24, 2.45) is 11.3 Å². The van der Waals surface area contributed by atoms with E-state index in [4.69, 9.17) is 0 Å². The van der Waals surface area contributed by atoms with E-state index in [1.54, 1.807) is 0 Å². The molecule has 106 valence electrons. The van der Waals surface area contributed by atoms with Gasteiger partial charge in [0.25, 0.3) is 0 Å². The Labute approximate surface area is 121 Å². The second-order valence-electron chi connectivity index (χ2n) is 6.73. The van der Waals surface area contributed by atoms with Crippen LogP contribution in [0.25, 0.3) is 0 Å². The lowest BCUT2D eigenvalue weighted by atomic mass is 9.68. The van der Waals surface area contributed by atoms with Crippen molar-refractivity contribution in [2.45, 2.75) is 58.0 Å². The minimum Gasteiger partial charge on any atom is -0.383 e. The summed E-state index contributed by atoms with van der Waals surface area (Å²) in [5.41, 5.74) is 1.91. The molecule has 1 N–H and O–H groups in total. The maximum atomic E-state index is 11.4. The summed E-state index contributed by atoms with van der Waals surface area (Å²) in [7, 11) is 0. The van der Waals surface area contributed by atoms with Crippen LogP contribution in [-0.2, 0) is 12.0 Å². The lowest BCUT2D eigenvalue weighted by molar-refractivity contribution is -0.0594. The number of benzene rings is 1. The van der Waals surface area contributed by atoms with Crippen LogP contribution in [0.5, 0.6) is 0 Å². The molecule has 1 aromatic rings. The topological polar surface area (TPSA) is 44.0 Å². The van der Waals surface area contributed by atoms with Crippen molar-refractivity contribution >= 4 is 0 Å². The Bertz CT molecular complexity index is 573. The SMILES string of the molecule is CCC1CCC(C#N)(C2(O)CCc3ccc(C)cc32)C1. The molecule has 2 heteroatoms. The highest BCUT2D eigenvalue weighted by molar-refractivity contribution is 5.43. The van der Waals surface area contributed by atoms with E-state index >= 15 is 0 Å². The molecule has 0 aliphatic heterocycles. The van der Waals surface area contributed by atoms with Crippen molar-refractivity contribution < 1.29 is 5.11 Å². The summed E-state index contributed by atoms with van der Waals surface area (Å²) in [6.45, 7) is 4.25. The van der Waals surface area contributed by atoms with E-state index in [0.29, 0.717) is 12.3 Å². The molecular formula is C18H23NO. The molecule has 3 rings (SSSR count). The zero-order valence-electron chi connectivity index (χ0n) is 12.4. The number of fused-ring (bicyclic) bond motifs is 1. The number of aryl methyl sites for hydroxylation is 2. The third kappa shape index (κ3) is 1.73. The third-order valence-corrected chi connectivity index (χ3v) is 5.67. The first-order chi connectivity index (χ1) is 9.54. The minimum absolute atomic E-state index is 0.577. The van der Waals surface area contributed by atoms with Crippen molar-refractivity contribution in [2.75, 3.05) is 0 Å². The van der Waals surface area contributed by atoms with Gasteiger partial charge in [0.2, 0.25) is 0 Å². The summed E-state index contributed by atoms with van der Waals surface area (Å²) in [5.74, 6) is 0.590. The van der Waals surface area contributed by atoms with E-state index < -0.39 is 11.0 Å². The van der Waals surface area contributed by atoms with Gasteiger partial charge in [-0.15, -0.1) is 0 Å². The van der Waals surface area contributed by atoms with E-state index in [1.807, 2.05) is 0 Å². The zero-order valence-corrected chi connectivity index (χ0v) is 12.4. The molecule has 0 heterocycles. The van der Waals surface area contributed by atoms with Gasteiger partial charge in [0.15, 0.2) is 0 Å². The second-order valence-corrected chi connectivity index (χ2v) is 6.73. The van der Waals surface area contributed by atoms with Gasteiger partial charge in [0.1, 0.15) is 5.60 Å². The molecule has 0 radical (unpaired) electrons. The van der Waals surface area contributed by atoms with E-state index in [2.05, 4.69) is 38.1 Å². The van der Waals surface area contributed by atoms with Crippen molar-refractivity contribution in [1.82, 2.24) is 0 Å². The number of rotatable bonds is 2. The Hall–Kier alpha value is -1.33. The average molecular weight is 269 g/mol. The van der Waals surface area contributed by atoms with Gasteiger partial charge in [0.05, 0.1) is 11.5 Å².